The number of nitriles is 1. The highest BCUT2D eigenvalue weighted by Crippen LogP contribution is 2.34. The van der Waals surface area contributed by atoms with Crippen molar-refractivity contribution in [1.29, 1.82) is 5.26 Å². The molecule has 7 heteroatoms. The first-order valence-corrected chi connectivity index (χ1v) is 11.6. The third-order valence-corrected chi connectivity index (χ3v) is 7.74. The van der Waals surface area contributed by atoms with Crippen LogP contribution in [0.25, 0.3) is 0 Å². The summed E-state index contributed by atoms with van der Waals surface area (Å²) in [4.78, 5) is 23.4. The molecule has 1 fully saturated rings. The Labute approximate surface area is 167 Å². The summed E-state index contributed by atoms with van der Waals surface area (Å²) in [5, 5.41) is 19.7. The zero-order chi connectivity index (χ0) is 20.7. The monoisotopic (exact) mass is 404 g/mol. The van der Waals surface area contributed by atoms with Crippen LogP contribution in [0, 0.1) is 17.2 Å². The number of allylic oxidation sites excluding steroid dienone is 5. The van der Waals surface area contributed by atoms with E-state index in [1.165, 1.54) is 0 Å². The Hall–Kier alpha value is -2.20. The summed E-state index contributed by atoms with van der Waals surface area (Å²) in [7, 11) is -2.40. The van der Waals surface area contributed by atoms with Crippen LogP contribution in [0.1, 0.15) is 58.8 Å². The SMILES string of the molecule is CC1=C(N=S2(=O)CCCCC2)C(C#N)=CCC1C(=O)/C(C)=C(\O)CCCC=O. The molecule has 0 saturated carbocycles. The first-order valence-electron chi connectivity index (χ1n) is 9.73. The van der Waals surface area contributed by atoms with E-state index >= 15 is 0 Å². The molecule has 1 unspecified atom stereocenters. The highest BCUT2D eigenvalue weighted by Gasteiger charge is 2.30. The van der Waals surface area contributed by atoms with Crippen LogP contribution in [0.5, 0.6) is 0 Å². The Balaban J connectivity index is 2.36. The van der Waals surface area contributed by atoms with Gasteiger partial charge in [-0.15, -0.1) is 0 Å². The van der Waals surface area contributed by atoms with Gasteiger partial charge < -0.3 is 9.90 Å². The molecule has 1 N–H and O–H groups in total. The standard InChI is InChI=1S/C21H28N2O4S/c1-15-18(21(26)16(2)19(25)8-4-5-11-24)10-9-17(14-22)20(15)23-28(27)12-6-3-7-13-28/h9,11,18,25H,3-8,10,12-13H2,1-2H3/b19-16-. The van der Waals surface area contributed by atoms with Crippen LogP contribution in [-0.4, -0.2) is 32.9 Å². The number of carbonyl (C=O) groups is 2. The van der Waals surface area contributed by atoms with Crippen molar-refractivity contribution in [1.82, 2.24) is 0 Å². The summed E-state index contributed by atoms with van der Waals surface area (Å²) in [5.74, 6) is 0.289. The van der Waals surface area contributed by atoms with Crippen molar-refractivity contribution in [2.24, 2.45) is 10.3 Å². The second-order valence-corrected chi connectivity index (χ2v) is 9.92. The Morgan fingerprint density at radius 1 is 1.39 bits per heavy atom. The maximum atomic E-state index is 13.0. The number of hydrogen-bond acceptors (Lipinski definition) is 6. The second kappa shape index (κ2) is 9.83. The Bertz CT molecular complexity index is 884. The third kappa shape index (κ3) is 5.20. The van der Waals surface area contributed by atoms with Gasteiger partial charge in [0.05, 0.1) is 26.8 Å². The van der Waals surface area contributed by atoms with Crippen molar-refractivity contribution in [2.75, 3.05) is 11.5 Å². The van der Waals surface area contributed by atoms with Gasteiger partial charge in [0.1, 0.15) is 12.4 Å². The van der Waals surface area contributed by atoms with E-state index in [0.717, 1.165) is 25.5 Å². The smallest absolute Gasteiger partial charge is 0.169 e. The number of ketones is 1. The van der Waals surface area contributed by atoms with Crippen LogP contribution < -0.4 is 0 Å². The first kappa shape index (κ1) is 22.1. The minimum absolute atomic E-state index is 0.00796. The lowest BCUT2D eigenvalue weighted by molar-refractivity contribution is -0.118. The summed E-state index contributed by atoms with van der Waals surface area (Å²) >= 11 is 0. The summed E-state index contributed by atoms with van der Waals surface area (Å²) < 4.78 is 17.6. The van der Waals surface area contributed by atoms with Gasteiger partial charge >= 0.3 is 0 Å². The van der Waals surface area contributed by atoms with E-state index < -0.39 is 15.6 Å². The molecule has 1 heterocycles. The minimum atomic E-state index is -2.40. The van der Waals surface area contributed by atoms with Crippen molar-refractivity contribution >= 4 is 21.8 Å². The van der Waals surface area contributed by atoms with E-state index in [2.05, 4.69) is 10.4 Å². The van der Waals surface area contributed by atoms with E-state index in [1.807, 2.05) is 0 Å². The summed E-state index contributed by atoms with van der Waals surface area (Å²) in [6.07, 6.45) is 6.67. The fourth-order valence-corrected chi connectivity index (χ4v) is 5.82. The van der Waals surface area contributed by atoms with Crippen LogP contribution >= 0.6 is 0 Å². The number of rotatable bonds is 7. The second-order valence-electron chi connectivity index (χ2n) is 7.38. The number of aliphatic hydroxyl groups excluding tert-OH is 1. The van der Waals surface area contributed by atoms with Gasteiger partial charge in [-0.05, 0) is 45.1 Å². The number of Topliss-reactive ketones (excluding diaryl/α,β-unsaturated/α-hetero) is 1. The van der Waals surface area contributed by atoms with Gasteiger partial charge in [-0.1, -0.05) is 12.5 Å². The lowest BCUT2D eigenvalue weighted by Gasteiger charge is -2.24. The lowest BCUT2D eigenvalue weighted by Crippen LogP contribution is -2.22. The molecule has 2 rings (SSSR count). The molecular formula is C21H28N2O4S. The van der Waals surface area contributed by atoms with E-state index in [9.17, 15) is 24.2 Å². The molecule has 2 aliphatic rings. The average molecular weight is 405 g/mol. The average Bonchev–Trinajstić information content (AvgIpc) is 2.69. The van der Waals surface area contributed by atoms with Crippen molar-refractivity contribution in [3.63, 3.8) is 0 Å². The van der Waals surface area contributed by atoms with Crippen molar-refractivity contribution in [3.05, 3.63) is 34.3 Å². The van der Waals surface area contributed by atoms with Crippen LogP contribution in [0.2, 0.25) is 0 Å². The number of aliphatic hydroxyl groups is 1. The number of hydrogen-bond donors (Lipinski definition) is 1. The van der Waals surface area contributed by atoms with E-state index in [-0.39, 0.29) is 23.5 Å². The van der Waals surface area contributed by atoms with E-state index in [0.29, 0.717) is 47.6 Å². The molecule has 28 heavy (non-hydrogen) atoms. The fraction of sp³-hybridized carbons (Fsp3) is 0.571. The first-order chi connectivity index (χ1) is 13.3. The predicted octanol–water partition coefficient (Wildman–Crippen LogP) is 4.15. The Morgan fingerprint density at radius 3 is 2.68 bits per heavy atom. The largest absolute Gasteiger partial charge is 0.512 e. The highest BCUT2D eigenvalue weighted by molar-refractivity contribution is 7.93. The quantitative estimate of drug-likeness (QED) is 0.297. The van der Waals surface area contributed by atoms with Crippen LogP contribution in [0.3, 0.4) is 0 Å². The molecular weight excluding hydrogens is 376 g/mol. The molecule has 152 valence electrons. The van der Waals surface area contributed by atoms with Crippen molar-refractivity contribution in [2.45, 2.75) is 58.8 Å². The van der Waals surface area contributed by atoms with E-state index in [1.54, 1.807) is 19.9 Å². The van der Waals surface area contributed by atoms with Crippen molar-refractivity contribution < 1.29 is 18.9 Å². The fourth-order valence-electron chi connectivity index (χ4n) is 3.55. The van der Waals surface area contributed by atoms with Gasteiger partial charge in [0.15, 0.2) is 5.78 Å². The van der Waals surface area contributed by atoms with Crippen LogP contribution in [0.15, 0.2) is 38.6 Å². The zero-order valence-electron chi connectivity index (χ0n) is 16.6. The van der Waals surface area contributed by atoms with Gasteiger partial charge in [0, 0.05) is 35.8 Å². The number of aldehydes is 1. The summed E-state index contributed by atoms with van der Waals surface area (Å²) in [5.41, 5.74) is 1.65. The molecule has 1 saturated heterocycles. The van der Waals surface area contributed by atoms with Gasteiger partial charge in [-0.25, -0.2) is 4.21 Å². The van der Waals surface area contributed by atoms with Gasteiger partial charge in [-0.2, -0.15) is 9.62 Å². The Morgan fingerprint density at radius 2 is 2.07 bits per heavy atom. The zero-order valence-corrected chi connectivity index (χ0v) is 17.4. The maximum absolute atomic E-state index is 13.0. The molecule has 0 aromatic heterocycles. The summed E-state index contributed by atoms with van der Waals surface area (Å²) in [6.45, 7) is 3.34. The molecule has 1 aliphatic carbocycles. The molecule has 0 amide bonds. The van der Waals surface area contributed by atoms with Crippen LogP contribution in [-0.2, 0) is 19.3 Å². The number of nitrogens with zero attached hydrogens (tertiary/aromatic N) is 2. The van der Waals surface area contributed by atoms with E-state index in [4.69, 9.17) is 0 Å². The van der Waals surface area contributed by atoms with Crippen LogP contribution in [0.4, 0.5) is 0 Å². The Kier molecular flexibility index (Phi) is 7.76. The molecule has 0 aromatic carbocycles. The summed E-state index contributed by atoms with van der Waals surface area (Å²) in [6, 6.07) is 2.12. The minimum Gasteiger partial charge on any atom is -0.512 e. The number of carbonyl (C=O) groups excluding carboxylic acids is 2. The molecule has 0 bridgehead atoms. The molecule has 1 aliphatic heterocycles. The molecule has 0 spiro atoms. The lowest BCUT2D eigenvalue weighted by atomic mass is 9.82. The maximum Gasteiger partial charge on any atom is 0.169 e. The molecule has 1 atom stereocenters. The van der Waals surface area contributed by atoms with Gasteiger partial charge in [0.2, 0.25) is 0 Å². The third-order valence-electron chi connectivity index (χ3n) is 5.37. The molecule has 0 radical (unpaired) electrons. The van der Waals surface area contributed by atoms with Gasteiger partial charge in [-0.3, -0.25) is 4.79 Å². The predicted molar refractivity (Wildman–Crippen MR) is 109 cm³/mol. The molecule has 6 nitrogen and oxygen atoms in total. The van der Waals surface area contributed by atoms with Gasteiger partial charge in [0.25, 0.3) is 0 Å². The molecule has 0 aromatic rings. The normalized spacial score (nSPS) is 22.6. The van der Waals surface area contributed by atoms with Crippen molar-refractivity contribution in [3.8, 4) is 6.07 Å². The number of unbranched alkanes of at least 4 members (excludes halogenated alkanes) is 1. The highest BCUT2D eigenvalue weighted by atomic mass is 32.2. The topological polar surface area (TPSA) is 108 Å².